The van der Waals surface area contributed by atoms with Crippen molar-refractivity contribution in [3.8, 4) is 0 Å². The molecule has 0 fully saturated rings. The van der Waals surface area contributed by atoms with Gasteiger partial charge in [-0.2, -0.15) is 0 Å². The van der Waals surface area contributed by atoms with E-state index in [4.69, 9.17) is 0 Å². The zero-order chi connectivity index (χ0) is 12.0. The van der Waals surface area contributed by atoms with Crippen LogP contribution >= 0.6 is 0 Å². The molecule has 0 aromatic carbocycles. The molecule has 1 aromatic rings. The van der Waals surface area contributed by atoms with Crippen LogP contribution in [0, 0.1) is 0 Å². The smallest absolute Gasteiger partial charge is 0.0661 e. The van der Waals surface area contributed by atoms with E-state index in [0.717, 1.165) is 24.2 Å². The van der Waals surface area contributed by atoms with Gasteiger partial charge in [0.25, 0.3) is 0 Å². The van der Waals surface area contributed by atoms with Crippen molar-refractivity contribution in [2.24, 2.45) is 0 Å². The molecule has 4 heteroatoms. The molecule has 90 valence electrons. The number of hydrogen-bond donors (Lipinski definition) is 3. The van der Waals surface area contributed by atoms with Crippen LogP contribution in [0.3, 0.4) is 0 Å². The van der Waals surface area contributed by atoms with E-state index in [1.54, 1.807) is 12.4 Å². The summed E-state index contributed by atoms with van der Waals surface area (Å²) in [5.41, 5.74) is 1.65. The average Bonchev–Trinajstić information content (AvgIpc) is 2.36. The Morgan fingerprint density at radius 3 is 2.38 bits per heavy atom. The zero-order valence-electron chi connectivity index (χ0n) is 10.2. The van der Waals surface area contributed by atoms with E-state index < -0.39 is 0 Å². The number of nitrogens with zero attached hydrogens (tertiary/aromatic N) is 1. The third kappa shape index (κ3) is 2.85. The second kappa shape index (κ2) is 5.70. The van der Waals surface area contributed by atoms with Crippen LogP contribution in [-0.2, 0) is 0 Å². The van der Waals surface area contributed by atoms with Crippen molar-refractivity contribution >= 4 is 11.4 Å². The van der Waals surface area contributed by atoms with Crippen LogP contribution in [-0.4, -0.2) is 29.3 Å². The van der Waals surface area contributed by atoms with Crippen LogP contribution in [0.1, 0.15) is 26.7 Å². The van der Waals surface area contributed by atoms with E-state index in [2.05, 4.69) is 29.5 Å². The molecule has 0 unspecified atom stereocenters. The molecular weight excluding hydrogens is 202 g/mol. The summed E-state index contributed by atoms with van der Waals surface area (Å²) < 4.78 is 0. The second-order valence-electron chi connectivity index (χ2n) is 3.98. The van der Waals surface area contributed by atoms with Gasteiger partial charge in [0.1, 0.15) is 0 Å². The third-order valence-electron chi connectivity index (χ3n) is 3.09. The average molecular weight is 223 g/mol. The lowest BCUT2D eigenvalue weighted by Crippen LogP contribution is -2.40. The lowest BCUT2D eigenvalue weighted by atomic mass is 9.93. The lowest BCUT2D eigenvalue weighted by molar-refractivity contribution is 0.202. The van der Waals surface area contributed by atoms with Crippen LogP contribution in [0.25, 0.3) is 0 Å². The Balaban J connectivity index is 2.84. The highest BCUT2D eigenvalue weighted by Gasteiger charge is 2.24. The number of aliphatic hydroxyl groups is 1. The maximum atomic E-state index is 9.47. The Bertz CT molecular complexity index is 316. The third-order valence-corrected chi connectivity index (χ3v) is 3.09. The van der Waals surface area contributed by atoms with Crippen molar-refractivity contribution in [3.05, 3.63) is 18.5 Å². The topological polar surface area (TPSA) is 57.2 Å². The normalized spacial score (nSPS) is 11.2. The van der Waals surface area contributed by atoms with E-state index in [1.165, 1.54) is 0 Å². The van der Waals surface area contributed by atoms with Gasteiger partial charge in [-0.05, 0) is 18.9 Å². The standard InChI is InChI=1S/C12H21N3O/c1-4-12(5-2,9-16)15-11-6-10(13-3)7-14-8-11/h6-8,13,15-16H,4-5,9H2,1-3H3. The molecule has 0 bridgehead atoms. The quantitative estimate of drug-likeness (QED) is 0.691. The predicted molar refractivity (Wildman–Crippen MR) is 67.8 cm³/mol. The Hall–Kier alpha value is -1.29. The molecule has 0 radical (unpaired) electrons. The fourth-order valence-electron chi connectivity index (χ4n) is 1.64. The van der Waals surface area contributed by atoms with Crippen LogP contribution < -0.4 is 10.6 Å². The van der Waals surface area contributed by atoms with Crippen molar-refractivity contribution in [2.75, 3.05) is 24.3 Å². The van der Waals surface area contributed by atoms with E-state index in [9.17, 15) is 5.11 Å². The van der Waals surface area contributed by atoms with Gasteiger partial charge in [-0.25, -0.2) is 0 Å². The number of rotatable bonds is 6. The molecule has 16 heavy (non-hydrogen) atoms. The Morgan fingerprint density at radius 2 is 1.88 bits per heavy atom. The molecule has 1 rings (SSSR count). The highest BCUT2D eigenvalue weighted by atomic mass is 16.3. The maximum Gasteiger partial charge on any atom is 0.0661 e. The van der Waals surface area contributed by atoms with Gasteiger partial charge in [-0.15, -0.1) is 0 Å². The van der Waals surface area contributed by atoms with Crippen LogP contribution in [0.5, 0.6) is 0 Å². The number of aromatic nitrogens is 1. The monoisotopic (exact) mass is 223 g/mol. The maximum absolute atomic E-state index is 9.47. The van der Waals surface area contributed by atoms with Crippen molar-refractivity contribution in [3.63, 3.8) is 0 Å². The largest absolute Gasteiger partial charge is 0.394 e. The first-order chi connectivity index (χ1) is 7.69. The van der Waals surface area contributed by atoms with Crippen LogP contribution in [0.4, 0.5) is 11.4 Å². The van der Waals surface area contributed by atoms with Crippen molar-refractivity contribution in [1.29, 1.82) is 0 Å². The highest BCUT2D eigenvalue weighted by molar-refractivity contribution is 5.54. The summed E-state index contributed by atoms with van der Waals surface area (Å²) in [6.07, 6.45) is 5.30. The van der Waals surface area contributed by atoms with Gasteiger partial charge in [0, 0.05) is 7.05 Å². The molecule has 0 aliphatic carbocycles. The minimum atomic E-state index is -0.242. The summed E-state index contributed by atoms with van der Waals surface area (Å²) in [4.78, 5) is 4.14. The fraction of sp³-hybridized carbons (Fsp3) is 0.583. The molecule has 0 saturated carbocycles. The number of hydrogen-bond acceptors (Lipinski definition) is 4. The molecule has 1 heterocycles. The fourth-order valence-corrected chi connectivity index (χ4v) is 1.64. The van der Waals surface area contributed by atoms with Gasteiger partial charge in [0.05, 0.1) is 35.9 Å². The number of nitrogens with one attached hydrogen (secondary N) is 2. The Labute approximate surface area is 97.1 Å². The van der Waals surface area contributed by atoms with Crippen molar-refractivity contribution in [1.82, 2.24) is 4.98 Å². The van der Waals surface area contributed by atoms with Crippen molar-refractivity contribution in [2.45, 2.75) is 32.2 Å². The molecule has 0 spiro atoms. The van der Waals surface area contributed by atoms with Crippen LogP contribution in [0.15, 0.2) is 18.5 Å². The summed E-state index contributed by atoms with van der Waals surface area (Å²) >= 11 is 0. The molecule has 1 aromatic heterocycles. The molecule has 0 amide bonds. The summed E-state index contributed by atoms with van der Waals surface area (Å²) in [6, 6.07) is 1.99. The van der Waals surface area contributed by atoms with Gasteiger partial charge in [0.2, 0.25) is 0 Å². The second-order valence-corrected chi connectivity index (χ2v) is 3.98. The first kappa shape index (κ1) is 12.8. The van der Waals surface area contributed by atoms with Crippen molar-refractivity contribution < 1.29 is 5.11 Å². The van der Waals surface area contributed by atoms with E-state index in [0.29, 0.717) is 0 Å². The first-order valence-corrected chi connectivity index (χ1v) is 5.71. The molecular formula is C12H21N3O. The highest BCUT2D eigenvalue weighted by Crippen LogP contribution is 2.22. The Kier molecular flexibility index (Phi) is 4.55. The molecule has 0 aliphatic heterocycles. The van der Waals surface area contributed by atoms with Gasteiger partial charge < -0.3 is 15.7 Å². The molecule has 3 N–H and O–H groups in total. The summed E-state index contributed by atoms with van der Waals surface area (Å²) in [5.74, 6) is 0. The van der Waals surface area contributed by atoms with E-state index in [1.807, 2.05) is 13.1 Å². The number of pyridine rings is 1. The Morgan fingerprint density at radius 1 is 1.25 bits per heavy atom. The summed E-state index contributed by atoms with van der Waals surface area (Å²) in [7, 11) is 1.86. The summed E-state index contributed by atoms with van der Waals surface area (Å²) in [6.45, 7) is 4.27. The molecule has 0 atom stereocenters. The minimum absolute atomic E-state index is 0.129. The van der Waals surface area contributed by atoms with Gasteiger partial charge in [-0.3, -0.25) is 4.98 Å². The predicted octanol–water partition coefficient (Wildman–Crippen LogP) is 2.09. The number of aliphatic hydroxyl groups excluding tert-OH is 1. The summed E-state index contributed by atoms with van der Waals surface area (Å²) in [5, 5.41) is 15.9. The minimum Gasteiger partial charge on any atom is -0.394 e. The van der Waals surface area contributed by atoms with Gasteiger partial charge in [0.15, 0.2) is 0 Å². The van der Waals surface area contributed by atoms with Crippen LogP contribution in [0.2, 0.25) is 0 Å². The van der Waals surface area contributed by atoms with Gasteiger partial charge >= 0.3 is 0 Å². The molecule has 0 aliphatic rings. The van der Waals surface area contributed by atoms with E-state index >= 15 is 0 Å². The van der Waals surface area contributed by atoms with E-state index in [-0.39, 0.29) is 12.1 Å². The molecule has 0 saturated heterocycles. The number of anilines is 2. The molecule has 4 nitrogen and oxygen atoms in total. The zero-order valence-corrected chi connectivity index (χ0v) is 10.2. The SMILES string of the molecule is CCC(CC)(CO)Nc1cncc(NC)c1. The van der Waals surface area contributed by atoms with Gasteiger partial charge in [-0.1, -0.05) is 13.8 Å². The first-order valence-electron chi connectivity index (χ1n) is 5.71. The lowest BCUT2D eigenvalue weighted by Gasteiger charge is -2.31.